The average Bonchev–Trinajstić information content (AvgIpc) is 2.95. The summed E-state index contributed by atoms with van der Waals surface area (Å²) in [6.45, 7) is 4.49. The fraction of sp³-hybridized carbons (Fsp3) is 0.263. The fourth-order valence-corrected chi connectivity index (χ4v) is 2.72. The zero-order valence-corrected chi connectivity index (χ0v) is 14.3. The first-order valence-electron chi connectivity index (χ1n) is 8.07. The molecule has 3 rings (SSSR count). The lowest BCUT2D eigenvalue weighted by Gasteiger charge is -2.15. The van der Waals surface area contributed by atoms with Gasteiger partial charge in [-0.2, -0.15) is 0 Å². The van der Waals surface area contributed by atoms with Crippen LogP contribution in [0.4, 0.5) is 0 Å². The molecule has 0 aliphatic heterocycles. The standard InChI is InChI=1S/C19H21N3O3/c1-12-7-16-17(8-13(12)2)22(11-21-16)9-14(23)10-25-18-6-4-3-5-15(18)19(20)24/h3-8,11,14,23H,9-10H2,1-2H3,(H2,20,24)/t14-/m0/s1. The fourth-order valence-electron chi connectivity index (χ4n) is 2.72. The first-order chi connectivity index (χ1) is 12.0. The van der Waals surface area contributed by atoms with E-state index in [1.807, 2.05) is 24.5 Å². The Kier molecular flexibility index (Phi) is 4.72. The highest BCUT2D eigenvalue weighted by atomic mass is 16.5. The van der Waals surface area contributed by atoms with Gasteiger partial charge < -0.3 is 20.1 Å². The van der Waals surface area contributed by atoms with E-state index in [0.29, 0.717) is 17.9 Å². The molecule has 6 nitrogen and oxygen atoms in total. The van der Waals surface area contributed by atoms with Crippen molar-refractivity contribution >= 4 is 16.9 Å². The molecule has 0 fully saturated rings. The van der Waals surface area contributed by atoms with E-state index in [2.05, 4.69) is 11.1 Å². The highest BCUT2D eigenvalue weighted by molar-refractivity contribution is 5.95. The van der Waals surface area contributed by atoms with Crippen LogP contribution < -0.4 is 10.5 Å². The minimum atomic E-state index is -0.750. The van der Waals surface area contributed by atoms with Crippen molar-refractivity contribution < 1.29 is 14.6 Å². The van der Waals surface area contributed by atoms with E-state index in [-0.39, 0.29) is 6.61 Å². The number of para-hydroxylation sites is 1. The van der Waals surface area contributed by atoms with E-state index in [1.165, 1.54) is 11.1 Å². The zero-order chi connectivity index (χ0) is 18.0. The van der Waals surface area contributed by atoms with Gasteiger partial charge in [0.05, 0.1) is 29.5 Å². The lowest BCUT2D eigenvalue weighted by atomic mass is 10.1. The molecule has 0 saturated heterocycles. The number of aromatic nitrogens is 2. The van der Waals surface area contributed by atoms with Gasteiger partial charge in [-0.3, -0.25) is 4.79 Å². The molecule has 0 aliphatic carbocycles. The van der Waals surface area contributed by atoms with Gasteiger partial charge in [-0.05, 0) is 49.2 Å². The summed E-state index contributed by atoms with van der Waals surface area (Å²) in [5, 5.41) is 10.3. The summed E-state index contributed by atoms with van der Waals surface area (Å²) in [5.74, 6) is -0.187. The third-order valence-electron chi connectivity index (χ3n) is 4.23. The monoisotopic (exact) mass is 339 g/mol. The lowest BCUT2D eigenvalue weighted by Crippen LogP contribution is -2.24. The number of fused-ring (bicyclic) bond motifs is 1. The maximum Gasteiger partial charge on any atom is 0.252 e. The number of nitrogens with two attached hydrogens (primary N) is 1. The van der Waals surface area contributed by atoms with Crippen LogP contribution in [-0.2, 0) is 6.54 Å². The van der Waals surface area contributed by atoms with Gasteiger partial charge in [0.1, 0.15) is 18.5 Å². The van der Waals surface area contributed by atoms with Crippen molar-refractivity contribution in [3.8, 4) is 5.75 Å². The van der Waals surface area contributed by atoms with Crippen LogP contribution in [-0.4, -0.2) is 33.3 Å². The lowest BCUT2D eigenvalue weighted by molar-refractivity contribution is 0.0900. The van der Waals surface area contributed by atoms with Crippen molar-refractivity contribution in [2.24, 2.45) is 5.73 Å². The highest BCUT2D eigenvalue weighted by Gasteiger charge is 2.13. The topological polar surface area (TPSA) is 90.4 Å². The van der Waals surface area contributed by atoms with Gasteiger partial charge >= 0.3 is 0 Å². The number of ether oxygens (including phenoxy) is 1. The third kappa shape index (κ3) is 3.64. The van der Waals surface area contributed by atoms with Crippen LogP contribution in [0.25, 0.3) is 11.0 Å². The number of benzene rings is 2. The minimum absolute atomic E-state index is 0.0504. The number of hydrogen-bond acceptors (Lipinski definition) is 4. The molecular formula is C19H21N3O3. The number of aliphatic hydroxyl groups is 1. The number of imidazole rings is 1. The smallest absolute Gasteiger partial charge is 0.252 e. The van der Waals surface area contributed by atoms with E-state index in [4.69, 9.17) is 10.5 Å². The molecule has 1 amide bonds. The molecule has 0 saturated carbocycles. The molecule has 1 atom stereocenters. The molecule has 0 bridgehead atoms. The van der Waals surface area contributed by atoms with Crippen LogP contribution in [0.1, 0.15) is 21.5 Å². The Morgan fingerprint density at radius 3 is 2.76 bits per heavy atom. The van der Waals surface area contributed by atoms with E-state index >= 15 is 0 Å². The minimum Gasteiger partial charge on any atom is -0.490 e. The Labute approximate surface area is 145 Å². The molecule has 3 N–H and O–H groups in total. The Morgan fingerprint density at radius 1 is 1.28 bits per heavy atom. The Balaban J connectivity index is 1.70. The Hall–Kier alpha value is -2.86. The van der Waals surface area contributed by atoms with Gasteiger partial charge in [-0.25, -0.2) is 4.98 Å². The molecule has 0 radical (unpaired) electrons. The second-order valence-corrected chi connectivity index (χ2v) is 6.15. The van der Waals surface area contributed by atoms with Gasteiger partial charge in [0, 0.05) is 0 Å². The highest BCUT2D eigenvalue weighted by Crippen LogP contribution is 2.20. The maximum atomic E-state index is 11.4. The van der Waals surface area contributed by atoms with Crippen LogP contribution in [0.5, 0.6) is 5.75 Å². The summed E-state index contributed by atoms with van der Waals surface area (Å²) in [7, 11) is 0. The molecule has 0 aliphatic rings. The molecule has 6 heteroatoms. The van der Waals surface area contributed by atoms with Gasteiger partial charge in [0.15, 0.2) is 0 Å². The van der Waals surface area contributed by atoms with Crippen molar-refractivity contribution in [2.45, 2.75) is 26.5 Å². The van der Waals surface area contributed by atoms with Crippen molar-refractivity contribution in [1.29, 1.82) is 0 Å². The number of rotatable bonds is 6. The number of nitrogens with zero attached hydrogens (tertiary/aromatic N) is 2. The zero-order valence-electron chi connectivity index (χ0n) is 14.3. The molecule has 25 heavy (non-hydrogen) atoms. The molecule has 0 unspecified atom stereocenters. The summed E-state index contributed by atoms with van der Waals surface area (Å²) in [6, 6.07) is 10.8. The number of carbonyl (C=O) groups excluding carboxylic acids is 1. The van der Waals surface area contributed by atoms with Crippen LogP contribution in [0.15, 0.2) is 42.7 Å². The van der Waals surface area contributed by atoms with Crippen LogP contribution in [0.2, 0.25) is 0 Å². The van der Waals surface area contributed by atoms with Crippen molar-refractivity contribution in [1.82, 2.24) is 9.55 Å². The SMILES string of the molecule is Cc1cc2ncn(C[C@H](O)COc3ccccc3C(N)=O)c2cc1C. The van der Waals surface area contributed by atoms with Gasteiger partial charge in [0.25, 0.3) is 5.91 Å². The number of amides is 1. The second-order valence-electron chi connectivity index (χ2n) is 6.15. The second kappa shape index (κ2) is 6.94. The van der Waals surface area contributed by atoms with E-state index in [1.54, 1.807) is 30.6 Å². The third-order valence-corrected chi connectivity index (χ3v) is 4.23. The molecule has 2 aromatic carbocycles. The predicted molar refractivity (Wildman–Crippen MR) is 95.7 cm³/mol. The van der Waals surface area contributed by atoms with Crippen molar-refractivity contribution in [2.75, 3.05) is 6.61 Å². The van der Waals surface area contributed by atoms with Gasteiger partial charge in [-0.1, -0.05) is 12.1 Å². The molecular weight excluding hydrogens is 318 g/mol. The number of hydrogen-bond donors (Lipinski definition) is 2. The maximum absolute atomic E-state index is 11.4. The van der Waals surface area contributed by atoms with E-state index in [0.717, 1.165) is 11.0 Å². The number of primary amides is 1. The molecule has 1 heterocycles. The molecule has 1 aromatic heterocycles. The summed E-state index contributed by atoms with van der Waals surface area (Å²) >= 11 is 0. The average molecular weight is 339 g/mol. The van der Waals surface area contributed by atoms with Crippen molar-refractivity contribution in [3.05, 3.63) is 59.4 Å². The van der Waals surface area contributed by atoms with Gasteiger partial charge in [-0.15, -0.1) is 0 Å². The summed E-state index contributed by atoms with van der Waals surface area (Å²) in [4.78, 5) is 15.8. The van der Waals surface area contributed by atoms with Crippen molar-refractivity contribution in [3.63, 3.8) is 0 Å². The van der Waals surface area contributed by atoms with E-state index in [9.17, 15) is 9.90 Å². The molecule has 3 aromatic rings. The number of carbonyl (C=O) groups is 1. The van der Waals surface area contributed by atoms with Crippen LogP contribution >= 0.6 is 0 Å². The largest absolute Gasteiger partial charge is 0.490 e. The molecule has 130 valence electrons. The van der Waals surface area contributed by atoms with Crippen LogP contribution in [0, 0.1) is 13.8 Å². The van der Waals surface area contributed by atoms with E-state index < -0.39 is 12.0 Å². The normalized spacial score (nSPS) is 12.3. The number of aryl methyl sites for hydroxylation is 2. The quantitative estimate of drug-likeness (QED) is 0.720. The molecule has 0 spiro atoms. The predicted octanol–water partition coefficient (Wildman–Crippen LogP) is 2.19. The summed E-state index contributed by atoms with van der Waals surface area (Å²) in [5.41, 5.74) is 9.86. The summed E-state index contributed by atoms with van der Waals surface area (Å²) < 4.78 is 7.48. The first-order valence-corrected chi connectivity index (χ1v) is 8.07. The first kappa shape index (κ1) is 17.0. The van der Waals surface area contributed by atoms with Crippen LogP contribution in [0.3, 0.4) is 0 Å². The Bertz CT molecular complexity index is 917. The summed E-state index contributed by atoms with van der Waals surface area (Å²) in [6.07, 6.45) is 0.962. The van der Waals surface area contributed by atoms with Gasteiger partial charge in [0.2, 0.25) is 0 Å². The number of aliphatic hydroxyl groups excluding tert-OH is 1. The Morgan fingerprint density at radius 2 is 2.00 bits per heavy atom.